The molecule has 1 aromatic rings. The van der Waals surface area contributed by atoms with E-state index < -0.39 is 36.7 Å². The van der Waals surface area contributed by atoms with Crippen LogP contribution < -0.4 is 10.6 Å². The number of hydrogen-bond acceptors (Lipinski definition) is 4. The summed E-state index contributed by atoms with van der Waals surface area (Å²) in [6.07, 6.45) is 5.56. The third-order valence-electron chi connectivity index (χ3n) is 5.71. The van der Waals surface area contributed by atoms with Crippen molar-refractivity contribution in [3.63, 3.8) is 0 Å². The highest BCUT2D eigenvalue weighted by Crippen LogP contribution is 2.53. The van der Waals surface area contributed by atoms with Gasteiger partial charge >= 0.3 is 6.03 Å². The van der Waals surface area contributed by atoms with Crippen LogP contribution in [0.3, 0.4) is 0 Å². The van der Waals surface area contributed by atoms with E-state index >= 15 is 0 Å². The summed E-state index contributed by atoms with van der Waals surface area (Å²) in [5.41, 5.74) is 0.711. The summed E-state index contributed by atoms with van der Waals surface area (Å²) in [6, 6.07) is 2.88. The van der Waals surface area contributed by atoms with Gasteiger partial charge in [-0.2, -0.15) is 5.26 Å². The molecule has 0 radical (unpaired) electrons. The van der Waals surface area contributed by atoms with Gasteiger partial charge in [0.05, 0.1) is 6.07 Å². The van der Waals surface area contributed by atoms with E-state index in [2.05, 4.69) is 15.6 Å². The van der Waals surface area contributed by atoms with Crippen molar-refractivity contribution < 1.29 is 18.4 Å². The average molecular weight is 405 g/mol. The fourth-order valence-corrected chi connectivity index (χ4v) is 3.73. The second-order valence-corrected chi connectivity index (χ2v) is 7.96. The number of likely N-dealkylation sites (tertiary alicyclic amines) is 1. The van der Waals surface area contributed by atoms with Crippen LogP contribution in [-0.2, 0) is 11.2 Å². The molecule has 29 heavy (non-hydrogen) atoms. The van der Waals surface area contributed by atoms with Crippen molar-refractivity contribution in [1.29, 1.82) is 5.26 Å². The smallest absolute Gasteiger partial charge is 0.318 e. The first-order chi connectivity index (χ1) is 13.8. The Hall–Kier alpha value is -2.76. The average Bonchev–Trinajstić information content (AvgIpc) is 3.45. The lowest BCUT2D eigenvalue weighted by Crippen LogP contribution is -2.54. The van der Waals surface area contributed by atoms with Gasteiger partial charge in [-0.05, 0) is 42.7 Å². The molecule has 0 aromatic carbocycles. The van der Waals surface area contributed by atoms with Gasteiger partial charge in [-0.3, -0.25) is 9.78 Å². The summed E-state index contributed by atoms with van der Waals surface area (Å²) >= 11 is 0. The first-order valence-electron chi connectivity index (χ1n) is 9.79. The molecule has 2 aliphatic rings. The van der Waals surface area contributed by atoms with Crippen LogP contribution in [-0.4, -0.2) is 53.4 Å². The predicted molar refractivity (Wildman–Crippen MR) is 101 cm³/mol. The lowest BCUT2D eigenvalue weighted by Gasteiger charge is -2.33. The molecule has 3 amide bonds. The number of alkyl halides is 2. The lowest BCUT2D eigenvalue weighted by molar-refractivity contribution is -0.125. The lowest BCUT2D eigenvalue weighted by atomic mass is 9.94. The van der Waals surface area contributed by atoms with Crippen molar-refractivity contribution in [3.05, 3.63) is 30.1 Å². The first kappa shape index (κ1) is 21.0. The van der Waals surface area contributed by atoms with E-state index in [9.17, 15) is 18.4 Å². The van der Waals surface area contributed by atoms with Gasteiger partial charge in [0.25, 0.3) is 5.92 Å². The number of nitrogens with one attached hydrogen (secondary N) is 2. The number of urea groups is 1. The number of rotatable bonds is 7. The Kier molecular flexibility index (Phi) is 6.30. The normalized spacial score (nSPS) is 18.6. The van der Waals surface area contributed by atoms with E-state index in [1.165, 1.54) is 31.3 Å². The molecule has 3 rings (SSSR count). The van der Waals surface area contributed by atoms with Crippen LogP contribution in [0.15, 0.2) is 24.5 Å². The summed E-state index contributed by atoms with van der Waals surface area (Å²) < 4.78 is 29.2. The van der Waals surface area contributed by atoms with Gasteiger partial charge < -0.3 is 15.5 Å². The Balaban J connectivity index is 1.62. The maximum atomic E-state index is 14.6. The predicted octanol–water partition coefficient (Wildman–Crippen LogP) is 2.24. The van der Waals surface area contributed by atoms with Crippen LogP contribution in [0.2, 0.25) is 0 Å². The Labute approximate surface area is 168 Å². The highest BCUT2D eigenvalue weighted by Gasteiger charge is 2.45. The number of hydrogen-bond donors (Lipinski definition) is 2. The Morgan fingerprint density at radius 2 is 2.03 bits per heavy atom. The molecule has 1 unspecified atom stereocenters. The molecule has 1 spiro atoms. The van der Waals surface area contributed by atoms with E-state index in [-0.39, 0.29) is 6.54 Å². The molecular weight excluding hydrogens is 380 g/mol. The molecule has 7 nitrogen and oxygen atoms in total. The minimum atomic E-state index is -3.23. The molecule has 1 saturated carbocycles. The third kappa shape index (κ3) is 5.86. The maximum absolute atomic E-state index is 14.6. The topological polar surface area (TPSA) is 98.1 Å². The van der Waals surface area contributed by atoms with Crippen molar-refractivity contribution in [1.82, 2.24) is 20.5 Å². The number of aromatic nitrogens is 1. The molecule has 1 saturated heterocycles. The number of nitriles is 1. The third-order valence-corrected chi connectivity index (χ3v) is 5.71. The van der Waals surface area contributed by atoms with Crippen molar-refractivity contribution in [2.45, 2.75) is 50.5 Å². The molecule has 1 aliphatic carbocycles. The molecule has 1 aliphatic heterocycles. The first-order valence-corrected chi connectivity index (χ1v) is 9.79. The van der Waals surface area contributed by atoms with E-state index in [1.807, 2.05) is 0 Å². The second-order valence-electron chi connectivity index (χ2n) is 7.96. The van der Waals surface area contributed by atoms with Crippen LogP contribution in [0.25, 0.3) is 0 Å². The molecule has 156 valence electrons. The van der Waals surface area contributed by atoms with Gasteiger partial charge in [0, 0.05) is 38.3 Å². The molecule has 2 heterocycles. The number of halogens is 2. The SMILES string of the molecule is N#CCNC(=O)C(CC(F)(F)Cc1cccnc1)NC(=O)N1CCC2(CC1)CC2. The van der Waals surface area contributed by atoms with Crippen molar-refractivity contribution >= 4 is 11.9 Å². The molecule has 2 fully saturated rings. The van der Waals surface area contributed by atoms with Crippen molar-refractivity contribution in [3.8, 4) is 6.07 Å². The number of pyridine rings is 1. The van der Waals surface area contributed by atoms with Crippen molar-refractivity contribution in [2.75, 3.05) is 19.6 Å². The molecule has 1 aromatic heterocycles. The Morgan fingerprint density at radius 1 is 1.31 bits per heavy atom. The molecule has 9 heteroatoms. The van der Waals surface area contributed by atoms with Gasteiger partial charge in [-0.25, -0.2) is 13.6 Å². The highest BCUT2D eigenvalue weighted by molar-refractivity contribution is 5.87. The fourth-order valence-electron chi connectivity index (χ4n) is 3.73. The van der Waals surface area contributed by atoms with Crippen molar-refractivity contribution in [2.24, 2.45) is 5.41 Å². The zero-order chi connectivity index (χ0) is 20.9. The Bertz CT molecular complexity index is 767. The summed E-state index contributed by atoms with van der Waals surface area (Å²) in [6.45, 7) is 0.806. The Morgan fingerprint density at radius 3 is 2.62 bits per heavy atom. The van der Waals surface area contributed by atoms with Gasteiger partial charge in [-0.15, -0.1) is 0 Å². The van der Waals surface area contributed by atoms with Crippen LogP contribution in [0.4, 0.5) is 13.6 Å². The van der Waals surface area contributed by atoms with Crippen LogP contribution >= 0.6 is 0 Å². The maximum Gasteiger partial charge on any atom is 0.318 e. The number of nitrogens with zero attached hydrogens (tertiary/aromatic N) is 3. The highest BCUT2D eigenvalue weighted by atomic mass is 19.3. The quantitative estimate of drug-likeness (QED) is 0.680. The zero-order valence-electron chi connectivity index (χ0n) is 16.2. The molecular formula is C20H25F2N5O2. The van der Waals surface area contributed by atoms with E-state index in [0.29, 0.717) is 24.1 Å². The number of amides is 3. The summed E-state index contributed by atoms with van der Waals surface area (Å²) in [5, 5.41) is 13.4. The summed E-state index contributed by atoms with van der Waals surface area (Å²) in [7, 11) is 0. The zero-order valence-corrected chi connectivity index (χ0v) is 16.2. The number of piperidine rings is 1. The standard InChI is InChI=1S/C20H25F2N5O2/c21-20(22,12-15-2-1-8-24-14-15)13-16(17(28)25-9-7-23)26-18(29)27-10-5-19(3-4-19)6-11-27/h1-2,8,14,16H,3-6,9-13H2,(H,25,28)(H,26,29). The van der Waals surface area contributed by atoms with E-state index in [0.717, 1.165) is 12.8 Å². The number of carbonyl (C=O) groups excluding carboxylic acids is 2. The second kappa shape index (κ2) is 8.72. The summed E-state index contributed by atoms with van der Waals surface area (Å²) in [5.74, 6) is -4.02. The van der Waals surface area contributed by atoms with E-state index in [1.54, 1.807) is 17.0 Å². The van der Waals surface area contributed by atoms with Gasteiger partial charge in [0.15, 0.2) is 0 Å². The minimum absolute atomic E-state index is 0.314. The number of carbonyl (C=O) groups is 2. The van der Waals surface area contributed by atoms with Gasteiger partial charge in [0.2, 0.25) is 5.91 Å². The summed E-state index contributed by atoms with van der Waals surface area (Å²) in [4.78, 5) is 30.3. The van der Waals surface area contributed by atoms with Gasteiger partial charge in [0.1, 0.15) is 12.6 Å². The molecule has 2 N–H and O–H groups in total. The largest absolute Gasteiger partial charge is 0.341 e. The monoisotopic (exact) mass is 405 g/mol. The molecule has 1 atom stereocenters. The van der Waals surface area contributed by atoms with Crippen LogP contribution in [0.5, 0.6) is 0 Å². The minimum Gasteiger partial charge on any atom is -0.341 e. The fraction of sp³-hybridized carbons (Fsp3) is 0.600. The van der Waals surface area contributed by atoms with Crippen LogP contribution in [0.1, 0.15) is 37.7 Å². The molecule has 0 bridgehead atoms. The van der Waals surface area contributed by atoms with E-state index in [4.69, 9.17) is 5.26 Å². The van der Waals surface area contributed by atoms with Crippen LogP contribution in [0, 0.1) is 16.7 Å². The van der Waals surface area contributed by atoms with Gasteiger partial charge in [-0.1, -0.05) is 6.07 Å².